The van der Waals surface area contributed by atoms with Gasteiger partial charge < -0.3 is 25.1 Å². The first kappa shape index (κ1) is 11.6. The Balaban J connectivity index is 2.76. The molecule has 14 heavy (non-hydrogen) atoms. The van der Waals surface area contributed by atoms with Crippen molar-refractivity contribution in [1.82, 2.24) is 0 Å². The molecular weight excluding hydrogens is 186 g/mol. The van der Waals surface area contributed by atoms with Crippen LogP contribution in [0.2, 0.25) is 0 Å². The lowest BCUT2D eigenvalue weighted by Gasteiger charge is -2.40. The van der Waals surface area contributed by atoms with E-state index in [4.69, 9.17) is 15.2 Å². The van der Waals surface area contributed by atoms with Crippen LogP contribution in [0.4, 0.5) is 0 Å². The SMILES string of the molecule is CCC1C(C=O)OC(OC)C(N)C1O. The summed E-state index contributed by atoms with van der Waals surface area (Å²) in [6.45, 7) is 1.88. The van der Waals surface area contributed by atoms with Gasteiger partial charge in [0, 0.05) is 13.0 Å². The second kappa shape index (κ2) is 4.84. The van der Waals surface area contributed by atoms with Crippen molar-refractivity contribution in [2.24, 2.45) is 11.7 Å². The first-order valence-electron chi connectivity index (χ1n) is 4.72. The molecule has 1 heterocycles. The van der Waals surface area contributed by atoms with Crippen LogP contribution in [0.25, 0.3) is 0 Å². The summed E-state index contributed by atoms with van der Waals surface area (Å²) in [5, 5.41) is 9.80. The van der Waals surface area contributed by atoms with E-state index in [0.29, 0.717) is 12.7 Å². The van der Waals surface area contributed by atoms with Crippen molar-refractivity contribution in [1.29, 1.82) is 0 Å². The Morgan fingerprint density at radius 3 is 2.71 bits per heavy atom. The van der Waals surface area contributed by atoms with Gasteiger partial charge in [-0.25, -0.2) is 0 Å². The minimum absolute atomic E-state index is 0.242. The molecule has 1 saturated heterocycles. The first-order chi connectivity index (χ1) is 6.65. The molecule has 0 aliphatic carbocycles. The minimum atomic E-state index is -0.756. The van der Waals surface area contributed by atoms with Crippen molar-refractivity contribution in [2.45, 2.75) is 37.9 Å². The van der Waals surface area contributed by atoms with Gasteiger partial charge in [0.1, 0.15) is 12.4 Å². The van der Waals surface area contributed by atoms with Crippen LogP contribution in [0.15, 0.2) is 0 Å². The van der Waals surface area contributed by atoms with E-state index in [-0.39, 0.29) is 5.92 Å². The highest BCUT2D eigenvalue weighted by molar-refractivity contribution is 5.57. The third-order valence-electron chi connectivity index (χ3n) is 2.70. The molecule has 0 bridgehead atoms. The van der Waals surface area contributed by atoms with E-state index in [9.17, 15) is 9.90 Å². The van der Waals surface area contributed by atoms with Gasteiger partial charge in [0.15, 0.2) is 6.29 Å². The molecule has 0 spiro atoms. The fraction of sp³-hybridized carbons (Fsp3) is 0.889. The molecule has 3 N–H and O–H groups in total. The first-order valence-corrected chi connectivity index (χ1v) is 4.72. The Morgan fingerprint density at radius 2 is 2.29 bits per heavy atom. The van der Waals surface area contributed by atoms with E-state index in [1.807, 2.05) is 6.92 Å². The third kappa shape index (κ3) is 1.95. The highest BCUT2D eigenvalue weighted by Crippen LogP contribution is 2.26. The number of ether oxygens (including phenoxy) is 2. The normalized spacial score (nSPS) is 43.6. The van der Waals surface area contributed by atoms with Gasteiger partial charge >= 0.3 is 0 Å². The van der Waals surface area contributed by atoms with Gasteiger partial charge in [-0.3, -0.25) is 0 Å². The molecular formula is C9H17NO4. The predicted molar refractivity (Wildman–Crippen MR) is 49.5 cm³/mol. The second-order valence-corrected chi connectivity index (χ2v) is 3.48. The van der Waals surface area contributed by atoms with E-state index >= 15 is 0 Å². The van der Waals surface area contributed by atoms with Gasteiger partial charge in [0.25, 0.3) is 0 Å². The van der Waals surface area contributed by atoms with Gasteiger partial charge in [-0.15, -0.1) is 0 Å². The van der Waals surface area contributed by atoms with E-state index in [0.717, 1.165) is 0 Å². The topological polar surface area (TPSA) is 81.8 Å². The van der Waals surface area contributed by atoms with Crippen LogP contribution in [-0.2, 0) is 14.3 Å². The zero-order valence-corrected chi connectivity index (χ0v) is 8.42. The van der Waals surface area contributed by atoms with E-state index in [2.05, 4.69) is 0 Å². The lowest BCUT2D eigenvalue weighted by atomic mass is 9.86. The van der Waals surface area contributed by atoms with Crippen LogP contribution >= 0.6 is 0 Å². The average Bonchev–Trinajstić information content (AvgIpc) is 2.21. The van der Waals surface area contributed by atoms with Crippen molar-refractivity contribution in [3.05, 3.63) is 0 Å². The number of methoxy groups -OCH3 is 1. The Morgan fingerprint density at radius 1 is 1.64 bits per heavy atom. The number of carbonyl (C=O) groups is 1. The summed E-state index contributed by atoms with van der Waals surface area (Å²) in [6.07, 6.45) is -0.749. The molecule has 0 amide bonds. The summed E-state index contributed by atoms with van der Waals surface area (Å²) in [5.41, 5.74) is 5.70. The van der Waals surface area contributed by atoms with Crippen LogP contribution < -0.4 is 5.73 Å². The number of hydrogen-bond donors (Lipinski definition) is 2. The summed E-state index contributed by atoms with van der Waals surface area (Å²) in [6, 6.07) is -0.596. The standard InChI is InChI=1S/C9H17NO4/c1-3-5-6(4-11)14-9(13-2)7(10)8(5)12/h4-9,12H,3,10H2,1-2H3. The molecule has 1 aliphatic heterocycles. The number of hydrogen-bond acceptors (Lipinski definition) is 5. The third-order valence-corrected chi connectivity index (χ3v) is 2.70. The van der Waals surface area contributed by atoms with Gasteiger partial charge in [0.2, 0.25) is 0 Å². The smallest absolute Gasteiger partial charge is 0.175 e. The molecule has 5 nitrogen and oxygen atoms in total. The number of aldehydes is 1. The Kier molecular flexibility index (Phi) is 4.00. The number of aliphatic hydroxyl groups is 1. The maximum absolute atomic E-state index is 10.7. The second-order valence-electron chi connectivity index (χ2n) is 3.48. The molecule has 0 saturated carbocycles. The Bertz CT molecular complexity index is 199. The maximum Gasteiger partial charge on any atom is 0.175 e. The van der Waals surface area contributed by atoms with Crippen LogP contribution in [-0.4, -0.2) is 43.0 Å². The van der Waals surface area contributed by atoms with Gasteiger partial charge in [0.05, 0.1) is 12.1 Å². The maximum atomic E-state index is 10.7. The average molecular weight is 203 g/mol. The van der Waals surface area contributed by atoms with Crippen LogP contribution in [0.1, 0.15) is 13.3 Å². The molecule has 0 aromatic carbocycles. The molecule has 0 aromatic rings. The van der Waals surface area contributed by atoms with Crippen molar-refractivity contribution in [2.75, 3.05) is 7.11 Å². The molecule has 0 radical (unpaired) electrons. The number of aliphatic hydroxyl groups excluding tert-OH is 1. The summed E-state index contributed by atoms with van der Waals surface area (Å²) >= 11 is 0. The van der Waals surface area contributed by atoms with Crippen molar-refractivity contribution < 1.29 is 19.4 Å². The molecule has 5 atom stereocenters. The van der Waals surface area contributed by atoms with E-state index < -0.39 is 24.5 Å². The summed E-state index contributed by atoms with van der Waals surface area (Å²) in [5.74, 6) is -0.242. The molecule has 1 aliphatic rings. The van der Waals surface area contributed by atoms with Gasteiger partial charge in [-0.2, -0.15) is 0 Å². The Labute approximate surface area is 83.2 Å². The molecule has 5 heteroatoms. The van der Waals surface area contributed by atoms with Crippen LogP contribution in [0, 0.1) is 5.92 Å². The molecule has 82 valence electrons. The molecule has 1 fully saturated rings. The Hall–Kier alpha value is -0.490. The zero-order valence-electron chi connectivity index (χ0n) is 8.42. The summed E-state index contributed by atoms with van der Waals surface area (Å²) in [7, 11) is 1.44. The highest BCUT2D eigenvalue weighted by atomic mass is 16.7. The number of carbonyl (C=O) groups excluding carboxylic acids is 1. The monoisotopic (exact) mass is 203 g/mol. The van der Waals surface area contributed by atoms with E-state index in [1.165, 1.54) is 7.11 Å². The minimum Gasteiger partial charge on any atom is -0.391 e. The molecule has 0 aromatic heterocycles. The molecule has 1 rings (SSSR count). The quantitative estimate of drug-likeness (QED) is 0.591. The number of rotatable bonds is 3. The lowest BCUT2D eigenvalue weighted by Crippen LogP contribution is -2.59. The highest BCUT2D eigenvalue weighted by Gasteiger charge is 2.42. The van der Waals surface area contributed by atoms with E-state index in [1.54, 1.807) is 0 Å². The lowest BCUT2D eigenvalue weighted by molar-refractivity contribution is -0.229. The van der Waals surface area contributed by atoms with Crippen LogP contribution in [0.3, 0.4) is 0 Å². The zero-order chi connectivity index (χ0) is 10.7. The predicted octanol–water partition coefficient (Wildman–Crippen LogP) is -0.729. The van der Waals surface area contributed by atoms with Gasteiger partial charge in [-0.1, -0.05) is 6.92 Å². The number of nitrogens with two attached hydrogens (primary N) is 1. The summed E-state index contributed by atoms with van der Waals surface area (Å²) < 4.78 is 10.2. The van der Waals surface area contributed by atoms with Gasteiger partial charge in [-0.05, 0) is 6.42 Å². The van der Waals surface area contributed by atoms with Crippen molar-refractivity contribution in [3.63, 3.8) is 0 Å². The molecule has 5 unspecified atom stereocenters. The summed E-state index contributed by atoms with van der Waals surface area (Å²) in [4.78, 5) is 10.7. The fourth-order valence-corrected chi connectivity index (χ4v) is 1.81. The van der Waals surface area contributed by atoms with Crippen molar-refractivity contribution in [3.8, 4) is 0 Å². The fourth-order valence-electron chi connectivity index (χ4n) is 1.81. The van der Waals surface area contributed by atoms with Crippen LogP contribution in [0.5, 0.6) is 0 Å². The van der Waals surface area contributed by atoms with Crippen molar-refractivity contribution >= 4 is 6.29 Å². The largest absolute Gasteiger partial charge is 0.391 e.